The van der Waals surface area contributed by atoms with Gasteiger partial charge in [0.15, 0.2) is 17.5 Å². The van der Waals surface area contributed by atoms with Gasteiger partial charge in [-0.15, -0.1) is 24.0 Å². The van der Waals surface area contributed by atoms with Crippen LogP contribution in [0.4, 0.5) is 0 Å². The van der Waals surface area contributed by atoms with Gasteiger partial charge in [-0.2, -0.15) is 0 Å². The molecule has 0 radical (unpaired) electrons. The Balaban J connectivity index is 0.00000480. The number of benzene rings is 2. The molecule has 8 nitrogen and oxygen atoms in total. The van der Waals surface area contributed by atoms with E-state index < -0.39 is 0 Å². The summed E-state index contributed by atoms with van der Waals surface area (Å²) < 4.78 is 16.4. The molecule has 0 aliphatic carbocycles. The minimum absolute atomic E-state index is 0. The van der Waals surface area contributed by atoms with Gasteiger partial charge in [0.1, 0.15) is 11.9 Å². The second kappa shape index (κ2) is 14.3. The first-order valence-electron chi connectivity index (χ1n) is 9.73. The maximum atomic E-state index is 12.2. The summed E-state index contributed by atoms with van der Waals surface area (Å²) in [5.41, 5.74) is 0.555. The van der Waals surface area contributed by atoms with Crippen molar-refractivity contribution in [2.45, 2.75) is 13.0 Å². The zero-order chi connectivity index (χ0) is 21.8. The molecule has 1 amide bonds. The van der Waals surface area contributed by atoms with Gasteiger partial charge in [-0.1, -0.05) is 18.2 Å². The molecule has 0 aliphatic heterocycles. The number of carbonyl (C=O) groups is 1. The molecule has 0 spiro atoms. The van der Waals surface area contributed by atoms with Crippen molar-refractivity contribution in [1.29, 1.82) is 0 Å². The molecule has 2 aromatic carbocycles. The second-order valence-corrected chi connectivity index (χ2v) is 6.45. The van der Waals surface area contributed by atoms with Crippen molar-refractivity contribution < 1.29 is 19.0 Å². The van der Waals surface area contributed by atoms with Crippen LogP contribution in [0.1, 0.15) is 17.3 Å². The zero-order valence-electron chi connectivity index (χ0n) is 18.3. The molecule has 0 saturated carbocycles. The van der Waals surface area contributed by atoms with Crippen LogP contribution >= 0.6 is 24.0 Å². The Hall–Kier alpha value is -2.69. The van der Waals surface area contributed by atoms with E-state index in [1.807, 2.05) is 31.2 Å². The van der Waals surface area contributed by atoms with Gasteiger partial charge in [0.05, 0.1) is 20.8 Å². The number of halogens is 1. The Morgan fingerprint density at radius 3 is 2.35 bits per heavy atom. The normalized spacial score (nSPS) is 11.5. The molecule has 2 rings (SSSR count). The first-order valence-corrected chi connectivity index (χ1v) is 9.73. The molecule has 1 unspecified atom stereocenters. The lowest BCUT2D eigenvalue weighted by Gasteiger charge is -2.19. The number of amides is 1. The number of hydrogen-bond acceptors (Lipinski definition) is 5. The van der Waals surface area contributed by atoms with Gasteiger partial charge in [0.25, 0.3) is 5.91 Å². The van der Waals surface area contributed by atoms with Crippen molar-refractivity contribution in [3.63, 3.8) is 0 Å². The predicted octanol–water partition coefficient (Wildman–Crippen LogP) is 2.68. The van der Waals surface area contributed by atoms with Gasteiger partial charge in [0.2, 0.25) is 0 Å². The van der Waals surface area contributed by atoms with Crippen LogP contribution in [0.2, 0.25) is 0 Å². The van der Waals surface area contributed by atoms with E-state index in [1.54, 1.807) is 45.5 Å². The Labute approximate surface area is 200 Å². The molecule has 31 heavy (non-hydrogen) atoms. The van der Waals surface area contributed by atoms with E-state index in [2.05, 4.69) is 20.9 Å². The highest BCUT2D eigenvalue weighted by Gasteiger charge is 2.10. The number of nitrogens with zero attached hydrogens (tertiary/aromatic N) is 1. The van der Waals surface area contributed by atoms with Gasteiger partial charge in [-0.3, -0.25) is 9.79 Å². The summed E-state index contributed by atoms with van der Waals surface area (Å²) in [7, 11) is 4.88. The van der Waals surface area contributed by atoms with Crippen LogP contribution < -0.4 is 30.2 Å². The summed E-state index contributed by atoms with van der Waals surface area (Å²) in [5, 5.41) is 9.23. The van der Waals surface area contributed by atoms with Crippen molar-refractivity contribution in [2.75, 3.05) is 40.9 Å². The summed E-state index contributed by atoms with van der Waals surface area (Å²) in [6.45, 7) is 3.48. The van der Waals surface area contributed by atoms with Crippen molar-refractivity contribution in [3.05, 3.63) is 54.1 Å². The minimum Gasteiger partial charge on any atom is -0.497 e. The third-order valence-electron chi connectivity index (χ3n) is 4.21. The molecular weight excluding hydrogens is 511 g/mol. The van der Waals surface area contributed by atoms with Crippen LogP contribution in [0.5, 0.6) is 17.2 Å². The molecule has 3 N–H and O–H groups in total. The molecule has 0 aliphatic rings. The number of ether oxygens (including phenoxy) is 3. The van der Waals surface area contributed by atoms with Crippen molar-refractivity contribution >= 4 is 35.8 Å². The van der Waals surface area contributed by atoms with Gasteiger partial charge in [-0.05, 0) is 37.3 Å². The molecule has 0 bridgehead atoms. The largest absolute Gasteiger partial charge is 0.497 e. The molecule has 0 saturated heterocycles. The molecule has 0 fully saturated rings. The maximum Gasteiger partial charge on any atom is 0.251 e. The van der Waals surface area contributed by atoms with E-state index in [0.29, 0.717) is 48.4 Å². The number of guanidine groups is 1. The molecule has 0 heterocycles. The fraction of sp³-hybridized carbons (Fsp3) is 0.364. The average molecular weight is 542 g/mol. The highest BCUT2D eigenvalue weighted by Crippen LogP contribution is 2.26. The van der Waals surface area contributed by atoms with E-state index in [0.717, 1.165) is 0 Å². The average Bonchev–Trinajstić information content (AvgIpc) is 2.78. The molecule has 2 aromatic rings. The first-order chi connectivity index (χ1) is 14.6. The standard InChI is InChI=1S/C22H30N4O4.HI/c1-16(30-20-11-6-5-10-19(20)29-4)15-26-22(23-2)25-13-12-24-21(27)17-8-7-9-18(14-17)28-3;/h5-11,14,16H,12-13,15H2,1-4H3,(H,24,27)(H2,23,25,26);1H. The zero-order valence-corrected chi connectivity index (χ0v) is 20.6. The van der Waals surface area contributed by atoms with Crippen LogP contribution in [0.15, 0.2) is 53.5 Å². The molecule has 9 heteroatoms. The number of para-hydroxylation sites is 2. The number of aliphatic imine (C=N–C) groups is 1. The highest BCUT2D eigenvalue weighted by atomic mass is 127. The lowest BCUT2D eigenvalue weighted by molar-refractivity contribution is 0.0954. The van der Waals surface area contributed by atoms with Crippen LogP contribution in [-0.4, -0.2) is 58.9 Å². The Morgan fingerprint density at radius 1 is 0.968 bits per heavy atom. The van der Waals surface area contributed by atoms with E-state index in [1.165, 1.54) is 0 Å². The van der Waals surface area contributed by atoms with Crippen LogP contribution in [0.25, 0.3) is 0 Å². The number of carbonyl (C=O) groups excluding carboxylic acids is 1. The summed E-state index contributed by atoms with van der Waals surface area (Å²) >= 11 is 0. The van der Waals surface area contributed by atoms with E-state index in [9.17, 15) is 4.79 Å². The van der Waals surface area contributed by atoms with E-state index in [-0.39, 0.29) is 36.0 Å². The molecule has 1 atom stereocenters. The summed E-state index contributed by atoms with van der Waals surface area (Å²) in [6, 6.07) is 14.6. The number of rotatable bonds is 10. The van der Waals surface area contributed by atoms with Crippen LogP contribution in [0, 0.1) is 0 Å². The second-order valence-electron chi connectivity index (χ2n) is 6.45. The van der Waals surface area contributed by atoms with Crippen molar-refractivity contribution in [2.24, 2.45) is 4.99 Å². The summed E-state index contributed by atoms with van der Waals surface area (Å²) in [6.07, 6.45) is -0.104. The number of nitrogens with one attached hydrogen (secondary N) is 3. The summed E-state index contributed by atoms with van der Waals surface area (Å²) in [5.74, 6) is 2.50. The lowest BCUT2D eigenvalue weighted by atomic mass is 10.2. The smallest absolute Gasteiger partial charge is 0.251 e. The molecular formula is C22H31IN4O4. The minimum atomic E-state index is -0.155. The third kappa shape index (κ3) is 8.91. The van der Waals surface area contributed by atoms with Crippen LogP contribution in [0.3, 0.4) is 0 Å². The van der Waals surface area contributed by atoms with Crippen LogP contribution in [-0.2, 0) is 0 Å². The van der Waals surface area contributed by atoms with Crippen molar-refractivity contribution in [1.82, 2.24) is 16.0 Å². The molecule has 0 aromatic heterocycles. The summed E-state index contributed by atoms with van der Waals surface area (Å²) in [4.78, 5) is 16.4. The highest BCUT2D eigenvalue weighted by molar-refractivity contribution is 14.0. The predicted molar refractivity (Wildman–Crippen MR) is 133 cm³/mol. The third-order valence-corrected chi connectivity index (χ3v) is 4.21. The SMILES string of the molecule is CN=C(NCCNC(=O)c1cccc(OC)c1)NCC(C)Oc1ccccc1OC.I. The Kier molecular flexibility index (Phi) is 12.2. The van der Waals surface area contributed by atoms with Gasteiger partial charge in [0, 0.05) is 25.7 Å². The fourth-order valence-corrected chi connectivity index (χ4v) is 2.66. The molecule has 170 valence electrons. The van der Waals surface area contributed by atoms with E-state index in [4.69, 9.17) is 14.2 Å². The maximum absolute atomic E-state index is 12.2. The lowest BCUT2D eigenvalue weighted by Crippen LogP contribution is -2.44. The fourth-order valence-electron chi connectivity index (χ4n) is 2.66. The van der Waals surface area contributed by atoms with Gasteiger partial charge < -0.3 is 30.2 Å². The first kappa shape index (κ1) is 26.3. The monoisotopic (exact) mass is 542 g/mol. The number of methoxy groups -OCH3 is 2. The topological polar surface area (TPSA) is 93.2 Å². The van der Waals surface area contributed by atoms with Gasteiger partial charge in [-0.25, -0.2) is 0 Å². The van der Waals surface area contributed by atoms with E-state index >= 15 is 0 Å². The quantitative estimate of drug-likeness (QED) is 0.185. The van der Waals surface area contributed by atoms with Crippen molar-refractivity contribution in [3.8, 4) is 17.2 Å². The van der Waals surface area contributed by atoms with Gasteiger partial charge >= 0.3 is 0 Å². The Morgan fingerprint density at radius 2 is 1.68 bits per heavy atom. The number of hydrogen-bond donors (Lipinski definition) is 3. The Bertz CT molecular complexity index is 848.